The zero-order valence-electron chi connectivity index (χ0n) is 8.88. The molecule has 0 aliphatic heterocycles. The summed E-state index contributed by atoms with van der Waals surface area (Å²) in [6, 6.07) is 1.22. The van der Waals surface area contributed by atoms with E-state index in [2.05, 4.69) is 4.74 Å². The molecule has 0 heterocycles. The van der Waals surface area contributed by atoms with Gasteiger partial charge in [-0.1, -0.05) is 0 Å². The summed E-state index contributed by atoms with van der Waals surface area (Å²) in [5, 5.41) is 10.3. The van der Waals surface area contributed by atoms with Crippen LogP contribution in [0.1, 0.15) is 5.56 Å². The second-order valence-electron chi connectivity index (χ2n) is 3.34. The summed E-state index contributed by atoms with van der Waals surface area (Å²) in [5.74, 6) is -1.12. The fraction of sp³-hybridized carbons (Fsp3) is 0.333. The van der Waals surface area contributed by atoms with Gasteiger partial charge in [0.05, 0.1) is 4.92 Å². The highest BCUT2D eigenvalue weighted by Crippen LogP contribution is 2.38. The predicted octanol–water partition coefficient (Wildman–Crippen LogP) is 3.55. The molecule has 10 heteroatoms. The number of ether oxygens (including phenoxy) is 1. The van der Waals surface area contributed by atoms with Crippen molar-refractivity contribution >= 4 is 5.69 Å². The second kappa shape index (κ2) is 4.94. The molecule has 19 heavy (non-hydrogen) atoms. The number of nitro benzene ring substituents is 1. The summed E-state index contributed by atoms with van der Waals surface area (Å²) < 4.78 is 77.2. The number of nitrogens with zero attached hydrogens (tertiary/aromatic N) is 1. The summed E-state index contributed by atoms with van der Waals surface area (Å²) in [5.41, 5.74) is -2.53. The second-order valence-corrected chi connectivity index (χ2v) is 3.34. The van der Waals surface area contributed by atoms with Gasteiger partial charge in [-0.25, -0.2) is 0 Å². The van der Waals surface area contributed by atoms with Crippen molar-refractivity contribution in [2.45, 2.75) is 12.4 Å². The van der Waals surface area contributed by atoms with Crippen molar-refractivity contribution in [3.8, 4) is 5.75 Å². The summed E-state index contributed by atoms with van der Waals surface area (Å²) >= 11 is 0. The summed E-state index contributed by atoms with van der Waals surface area (Å²) in [7, 11) is 0. The zero-order chi connectivity index (χ0) is 14.8. The van der Waals surface area contributed by atoms with Crippen molar-refractivity contribution in [3.63, 3.8) is 0 Å². The number of rotatable bonds is 3. The van der Waals surface area contributed by atoms with Gasteiger partial charge in [-0.3, -0.25) is 10.1 Å². The van der Waals surface area contributed by atoms with Crippen molar-refractivity contribution in [2.75, 3.05) is 6.61 Å². The maximum atomic E-state index is 12.5. The Morgan fingerprint density at radius 1 is 1.16 bits per heavy atom. The van der Waals surface area contributed by atoms with Gasteiger partial charge in [-0.05, 0) is 6.07 Å². The molecule has 0 atom stereocenters. The lowest BCUT2D eigenvalue weighted by molar-refractivity contribution is -0.385. The van der Waals surface area contributed by atoms with Gasteiger partial charge in [0.2, 0.25) is 0 Å². The van der Waals surface area contributed by atoms with Crippen LogP contribution in [0.2, 0.25) is 0 Å². The average Bonchev–Trinajstić information content (AvgIpc) is 2.23. The molecule has 1 rings (SSSR count). The Hall–Kier alpha value is -2.00. The van der Waals surface area contributed by atoms with E-state index >= 15 is 0 Å². The lowest BCUT2D eigenvalue weighted by atomic mass is 10.1. The fourth-order valence-electron chi connectivity index (χ4n) is 1.14. The first-order valence-electron chi connectivity index (χ1n) is 4.56. The highest BCUT2D eigenvalue weighted by molar-refractivity contribution is 5.45. The van der Waals surface area contributed by atoms with E-state index in [9.17, 15) is 36.5 Å². The Morgan fingerprint density at radius 3 is 2.16 bits per heavy atom. The van der Waals surface area contributed by atoms with Crippen LogP contribution < -0.4 is 4.74 Å². The van der Waals surface area contributed by atoms with Gasteiger partial charge in [-0.15, -0.1) is 0 Å². The molecule has 1 aromatic rings. The number of halogens is 6. The van der Waals surface area contributed by atoms with Gasteiger partial charge in [0.15, 0.2) is 6.61 Å². The Kier molecular flexibility index (Phi) is 3.91. The number of alkyl halides is 6. The predicted molar refractivity (Wildman–Crippen MR) is 49.6 cm³/mol. The Bertz CT molecular complexity index is 482. The minimum Gasteiger partial charge on any atom is -0.483 e. The van der Waals surface area contributed by atoms with E-state index in [1.54, 1.807) is 0 Å². The van der Waals surface area contributed by atoms with Crippen molar-refractivity contribution in [1.82, 2.24) is 0 Å². The van der Waals surface area contributed by atoms with Crippen molar-refractivity contribution < 1.29 is 36.0 Å². The highest BCUT2D eigenvalue weighted by Gasteiger charge is 2.37. The lowest BCUT2D eigenvalue weighted by Crippen LogP contribution is -2.21. The molecule has 0 bridgehead atoms. The third kappa shape index (κ3) is 4.30. The number of benzene rings is 1. The summed E-state index contributed by atoms with van der Waals surface area (Å²) in [6.07, 6.45) is -9.88. The van der Waals surface area contributed by atoms with Crippen LogP contribution >= 0.6 is 0 Å². The fourth-order valence-corrected chi connectivity index (χ4v) is 1.14. The molecule has 0 N–H and O–H groups in total. The Labute approximate surface area is 101 Å². The van der Waals surface area contributed by atoms with Gasteiger partial charge < -0.3 is 4.74 Å². The maximum Gasteiger partial charge on any atom is 0.422 e. The van der Waals surface area contributed by atoms with Crippen LogP contribution in [0.4, 0.5) is 32.0 Å². The first-order valence-corrected chi connectivity index (χ1v) is 4.56. The maximum absolute atomic E-state index is 12.5. The number of non-ortho nitro benzene ring substituents is 1. The van der Waals surface area contributed by atoms with E-state index in [-0.39, 0.29) is 6.07 Å². The molecule has 0 fully saturated rings. The topological polar surface area (TPSA) is 52.4 Å². The first-order chi connectivity index (χ1) is 8.50. The van der Waals surface area contributed by atoms with Crippen LogP contribution in [0.3, 0.4) is 0 Å². The number of hydrogen-bond donors (Lipinski definition) is 0. The molecule has 0 aliphatic rings. The molecule has 0 radical (unpaired) electrons. The summed E-state index contributed by atoms with van der Waals surface area (Å²) in [4.78, 5) is 9.23. The Morgan fingerprint density at radius 2 is 1.74 bits per heavy atom. The molecular weight excluding hydrogens is 284 g/mol. The molecule has 0 saturated heterocycles. The average molecular weight is 289 g/mol. The number of nitro groups is 1. The van der Waals surface area contributed by atoms with Gasteiger partial charge in [0.1, 0.15) is 11.3 Å². The molecule has 106 valence electrons. The SMILES string of the molecule is O=[N+]([O-])c1ccc(OCC(F)(F)F)c(C(F)(F)F)c1. The van der Waals surface area contributed by atoms with E-state index in [0.29, 0.717) is 12.1 Å². The van der Waals surface area contributed by atoms with Crippen LogP contribution in [0.5, 0.6) is 5.75 Å². The molecule has 4 nitrogen and oxygen atoms in total. The van der Waals surface area contributed by atoms with Gasteiger partial charge >= 0.3 is 12.4 Å². The highest BCUT2D eigenvalue weighted by atomic mass is 19.4. The van der Waals surface area contributed by atoms with E-state index in [4.69, 9.17) is 0 Å². The molecular formula is C9H5F6NO3. The molecule has 0 amide bonds. The van der Waals surface area contributed by atoms with Gasteiger partial charge in [-0.2, -0.15) is 26.3 Å². The van der Waals surface area contributed by atoms with Crippen LogP contribution in [-0.2, 0) is 6.18 Å². The zero-order valence-corrected chi connectivity index (χ0v) is 8.88. The van der Waals surface area contributed by atoms with Crippen molar-refractivity contribution in [3.05, 3.63) is 33.9 Å². The van der Waals surface area contributed by atoms with E-state index in [1.165, 1.54) is 0 Å². The van der Waals surface area contributed by atoms with Gasteiger partial charge in [0, 0.05) is 12.1 Å². The first kappa shape index (κ1) is 15.1. The van der Waals surface area contributed by atoms with Crippen molar-refractivity contribution in [1.29, 1.82) is 0 Å². The lowest BCUT2D eigenvalue weighted by Gasteiger charge is -2.14. The third-order valence-corrected chi connectivity index (χ3v) is 1.87. The van der Waals surface area contributed by atoms with Crippen molar-refractivity contribution in [2.24, 2.45) is 0 Å². The van der Waals surface area contributed by atoms with E-state index in [1.807, 2.05) is 0 Å². The smallest absolute Gasteiger partial charge is 0.422 e. The molecule has 0 aromatic heterocycles. The van der Waals surface area contributed by atoms with Crippen LogP contribution in [0, 0.1) is 10.1 Å². The summed E-state index contributed by atoms with van der Waals surface area (Å²) in [6.45, 7) is -1.92. The number of hydrogen-bond acceptors (Lipinski definition) is 3. The van der Waals surface area contributed by atoms with Crippen LogP contribution in [0.25, 0.3) is 0 Å². The molecule has 0 unspecified atom stereocenters. The van der Waals surface area contributed by atoms with E-state index < -0.39 is 40.9 Å². The molecule has 1 aromatic carbocycles. The third-order valence-electron chi connectivity index (χ3n) is 1.87. The van der Waals surface area contributed by atoms with Crippen LogP contribution in [-0.4, -0.2) is 17.7 Å². The minimum absolute atomic E-state index is 0.117. The normalized spacial score (nSPS) is 12.3. The molecule has 0 spiro atoms. The molecule has 0 saturated carbocycles. The quantitative estimate of drug-likeness (QED) is 0.485. The van der Waals surface area contributed by atoms with Crippen LogP contribution in [0.15, 0.2) is 18.2 Å². The monoisotopic (exact) mass is 289 g/mol. The van der Waals surface area contributed by atoms with E-state index in [0.717, 1.165) is 0 Å². The largest absolute Gasteiger partial charge is 0.483 e. The Balaban J connectivity index is 3.13. The standard InChI is InChI=1S/C9H5F6NO3/c10-8(11,12)4-19-7-2-1-5(16(17)18)3-6(7)9(13,14)15/h1-3H,4H2. The minimum atomic E-state index is -5.06. The van der Waals surface area contributed by atoms with Gasteiger partial charge in [0.25, 0.3) is 5.69 Å². The molecule has 0 aliphatic carbocycles.